The van der Waals surface area contributed by atoms with Crippen LogP contribution >= 0.6 is 0 Å². The molecule has 0 aromatic rings. The largest absolute Gasteiger partial charge is 0.345 e. The Balaban J connectivity index is 3.69. The number of amides is 1. The molecule has 3 nitrogen and oxygen atoms in total. The summed E-state index contributed by atoms with van der Waals surface area (Å²) in [4.78, 5) is 15.0. The number of rotatable bonds is 5. The first-order valence-corrected chi connectivity index (χ1v) is 4.49. The SMILES string of the molecule is C=C(CCCN(C)C)C(=O)N(C)C. The fourth-order valence-electron chi connectivity index (χ4n) is 1.03. The molecular weight excluding hydrogens is 164 g/mol. The molecule has 0 radical (unpaired) electrons. The molecule has 0 aromatic carbocycles. The number of carbonyl (C=O) groups is 1. The van der Waals surface area contributed by atoms with Crippen LogP contribution in [-0.2, 0) is 4.79 Å². The van der Waals surface area contributed by atoms with Gasteiger partial charge in [-0.1, -0.05) is 6.58 Å². The fourth-order valence-corrected chi connectivity index (χ4v) is 1.03. The molecule has 0 spiro atoms. The summed E-state index contributed by atoms with van der Waals surface area (Å²) in [6.45, 7) is 4.76. The second-order valence-electron chi connectivity index (χ2n) is 3.71. The van der Waals surface area contributed by atoms with E-state index >= 15 is 0 Å². The lowest BCUT2D eigenvalue weighted by atomic mass is 10.1. The van der Waals surface area contributed by atoms with Gasteiger partial charge in [-0.2, -0.15) is 0 Å². The van der Waals surface area contributed by atoms with Gasteiger partial charge >= 0.3 is 0 Å². The van der Waals surface area contributed by atoms with E-state index in [2.05, 4.69) is 11.5 Å². The van der Waals surface area contributed by atoms with E-state index in [0.29, 0.717) is 5.57 Å². The third-order valence-electron chi connectivity index (χ3n) is 1.79. The van der Waals surface area contributed by atoms with Crippen LogP contribution in [0.3, 0.4) is 0 Å². The summed E-state index contributed by atoms with van der Waals surface area (Å²) in [5, 5.41) is 0. The van der Waals surface area contributed by atoms with Crippen molar-refractivity contribution < 1.29 is 4.79 Å². The molecule has 0 saturated carbocycles. The zero-order valence-corrected chi connectivity index (χ0v) is 9.13. The summed E-state index contributed by atoms with van der Waals surface area (Å²) in [7, 11) is 7.55. The van der Waals surface area contributed by atoms with Gasteiger partial charge in [0.1, 0.15) is 0 Å². The van der Waals surface area contributed by atoms with Gasteiger partial charge in [-0.25, -0.2) is 0 Å². The monoisotopic (exact) mass is 184 g/mol. The highest BCUT2D eigenvalue weighted by molar-refractivity contribution is 5.92. The van der Waals surface area contributed by atoms with Crippen LogP contribution in [0.15, 0.2) is 12.2 Å². The van der Waals surface area contributed by atoms with Crippen LogP contribution in [-0.4, -0.2) is 50.4 Å². The molecule has 0 N–H and O–H groups in total. The zero-order chi connectivity index (χ0) is 10.4. The lowest BCUT2D eigenvalue weighted by Gasteiger charge is -2.13. The average molecular weight is 184 g/mol. The minimum Gasteiger partial charge on any atom is -0.345 e. The Morgan fingerprint density at radius 2 is 1.77 bits per heavy atom. The summed E-state index contributed by atoms with van der Waals surface area (Å²) in [5.41, 5.74) is 0.701. The Bertz CT molecular complexity index is 185. The number of carbonyl (C=O) groups excluding carboxylic acids is 1. The Morgan fingerprint density at radius 1 is 1.23 bits per heavy atom. The lowest BCUT2D eigenvalue weighted by molar-refractivity contribution is -0.124. The molecule has 0 bridgehead atoms. The maximum atomic E-state index is 11.3. The second-order valence-corrected chi connectivity index (χ2v) is 3.71. The predicted octanol–water partition coefficient (Wildman–Crippen LogP) is 0.973. The van der Waals surface area contributed by atoms with E-state index in [0.717, 1.165) is 19.4 Å². The molecule has 0 aliphatic heterocycles. The van der Waals surface area contributed by atoms with Gasteiger partial charge in [0.2, 0.25) is 5.91 Å². The Hall–Kier alpha value is -0.830. The smallest absolute Gasteiger partial charge is 0.248 e. The summed E-state index contributed by atoms with van der Waals surface area (Å²) < 4.78 is 0. The molecule has 1 amide bonds. The molecule has 0 heterocycles. The number of likely N-dealkylation sites (N-methyl/N-ethyl adjacent to an activating group) is 1. The van der Waals surface area contributed by atoms with Crippen LogP contribution in [0, 0.1) is 0 Å². The van der Waals surface area contributed by atoms with Gasteiger partial charge in [0.05, 0.1) is 0 Å². The highest BCUT2D eigenvalue weighted by Crippen LogP contribution is 2.05. The first-order valence-electron chi connectivity index (χ1n) is 4.49. The molecule has 0 fully saturated rings. The van der Waals surface area contributed by atoms with Crippen LogP contribution in [0.4, 0.5) is 0 Å². The van der Waals surface area contributed by atoms with Crippen molar-refractivity contribution in [2.24, 2.45) is 0 Å². The van der Waals surface area contributed by atoms with E-state index in [-0.39, 0.29) is 5.91 Å². The highest BCUT2D eigenvalue weighted by Gasteiger charge is 2.08. The van der Waals surface area contributed by atoms with E-state index in [1.807, 2.05) is 14.1 Å². The average Bonchev–Trinajstić information content (AvgIpc) is 2.02. The van der Waals surface area contributed by atoms with Gasteiger partial charge < -0.3 is 9.80 Å². The molecule has 0 saturated heterocycles. The molecule has 0 aliphatic carbocycles. The molecule has 76 valence electrons. The van der Waals surface area contributed by atoms with Crippen molar-refractivity contribution in [2.45, 2.75) is 12.8 Å². The van der Waals surface area contributed by atoms with Crippen molar-refractivity contribution in [1.29, 1.82) is 0 Å². The fraction of sp³-hybridized carbons (Fsp3) is 0.700. The predicted molar refractivity (Wildman–Crippen MR) is 55.6 cm³/mol. The van der Waals surface area contributed by atoms with E-state index < -0.39 is 0 Å². The highest BCUT2D eigenvalue weighted by atomic mass is 16.2. The lowest BCUT2D eigenvalue weighted by Crippen LogP contribution is -2.23. The van der Waals surface area contributed by atoms with Crippen molar-refractivity contribution in [3.63, 3.8) is 0 Å². The molecule has 0 unspecified atom stereocenters. The zero-order valence-electron chi connectivity index (χ0n) is 9.13. The van der Waals surface area contributed by atoms with Gasteiger partial charge in [-0.05, 0) is 33.5 Å². The maximum Gasteiger partial charge on any atom is 0.248 e. The van der Waals surface area contributed by atoms with Crippen LogP contribution in [0.2, 0.25) is 0 Å². The summed E-state index contributed by atoms with van der Waals surface area (Å²) in [6, 6.07) is 0. The first-order chi connectivity index (χ1) is 5.95. The van der Waals surface area contributed by atoms with E-state index in [9.17, 15) is 4.79 Å². The van der Waals surface area contributed by atoms with Crippen molar-refractivity contribution in [2.75, 3.05) is 34.7 Å². The molecule has 0 aromatic heterocycles. The van der Waals surface area contributed by atoms with Gasteiger partial charge in [-0.3, -0.25) is 4.79 Å². The third kappa shape index (κ3) is 5.42. The molecule has 0 aliphatic rings. The van der Waals surface area contributed by atoms with Gasteiger partial charge in [0.25, 0.3) is 0 Å². The molecule has 0 atom stereocenters. The molecule has 0 rings (SSSR count). The van der Waals surface area contributed by atoms with Crippen LogP contribution < -0.4 is 0 Å². The normalized spacial score (nSPS) is 10.2. The van der Waals surface area contributed by atoms with Crippen molar-refractivity contribution in [1.82, 2.24) is 9.80 Å². The van der Waals surface area contributed by atoms with E-state index in [1.54, 1.807) is 19.0 Å². The second kappa shape index (κ2) is 5.75. The molecule has 3 heteroatoms. The standard InChI is InChI=1S/C10H20N2O/c1-9(10(13)12(4)5)7-6-8-11(2)3/h1,6-8H2,2-5H3. The molecule has 13 heavy (non-hydrogen) atoms. The van der Waals surface area contributed by atoms with Gasteiger partial charge in [0.15, 0.2) is 0 Å². The van der Waals surface area contributed by atoms with Gasteiger partial charge in [-0.15, -0.1) is 0 Å². The maximum absolute atomic E-state index is 11.3. The van der Waals surface area contributed by atoms with Crippen molar-refractivity contribution >= 4 is 5.91 Å². The quantitative estimate of drug-likeness (QED) is 0.594. The molecular formula is C10H20N2O. The minimum absolute atomic E-state index is 0.0405. The van der Waals surface area contributed by atoms with Gasteiger partial charge in [0, 0.05) is 19.7 Å². The van der Waals surface area contributed by atoms with Crippen LogP contribution in [0.25, 0.3) is 0 Å². The first kappa shape index (κ1) is 12.2. The number of hydrogen-bond acceptors (Lipinski definition) is 2. The number of hydrogen-bond donors (Lipinski definition) is 0. The Labute approximate surface area is 81.0 Å². The van der Waals surface area contributed by atoms with Crippen molar-refractivity contribution in [3.8, 4) is 0 Å². The Kier molecular flexibility index (Phi) is 5.39. The minimum atomic E-state index is 0.0405. The van der Waals surface area contributed by atoms with E-state index in [1.165, 1.54) is 0 Å². The topological polar surface area (TPSA) is 23.6 Å². The summed E-state index contributed by atoms with van der Waals surface area (Å²) >= 11 is 0. The third-order valence-corrected chi connectivity index (χ3v) is 1.79. The van der Waals surface area contributed by atoms with E-state index in [4.69, 9.17) is 0 Å². The number of nitrogens with zero attached hydrogens (tertiary/aromatic N) is 2. The van der Waals surface area contributed by atoms with Crippen molar-refractivity contribution in [3.05, 3.63) is 12.2 Å². The van der Waals surface area contributed by atoms with Crippen LogP contribution in [0.5, 0.6) is 0 Å². The Morgan fingerprint density at radius 3 is 2.15 bits per heavy atom. The summed E-state index contributed by atoms with van der Waals surface area (Å²) in [6.07, 6.45) is 1.78. The van der Waals surface area contributed by atoms with Crippen LogP contribution in [0.1, 0.15) is 12.8 Å². The summed E-state index contributed by atoms with van der Waals surface area (Å²) in [5.74, 6) is 0.0405.